The Hall–Kier alpha value is -2.89. The highest BCUT2D eigenvalue weighted by atomic mass is 19.3. The molecule has 0 radical (unpaired) electrons. The van der Waals surface area contributed by atoms with Crippen molar-refractivity contribution in [2.45, 2.75) is 30.7 Å². The summed E-state index contributed by atoms with van der Waals surface area (Å²) in [6, 6.07) is 3.42. The van der Waals surface area contributed by atoms with Crippen molar-refractivity contribution in [3.8, 4) is 6.07 Å². The fourth-order valence-corrected chi connectivity index (χ4v) is 3.80. The van der Waals surface area contributed by atoms with Gasteiger partial charge in [0.1, 0.15) is 23.6 Å². The molecule has 9 heteroatoms. The van der Waals surface area contributed by atoms with Gasteiger partial charge in [-0.2, -0.15) is 5.26 Å². The molecule has 1 aromatic rings. The number of nitriles is 1. The van der Waals surface area contributed by atoms with Gasteiger partial charge in [-0.25, -0.2) is 8.78 Å². The monoisotopic (exact) mass is 362 g/mol. The van der Waals surface area contributed by atoms with Crippen molar-refractivity contribution in [3.63, 3.8) is 0 Å². The molecule has 1 amide bonds. The maximum atomic E-state index is 14.5. The van der Waals surface area contributed by atoms with Crippen molar-refractivity contribution in [1.82, 2.24) is 14.8 Å². The van der Waals surface area contributed by atoms with Crippen LogP contribution in [-0.2, 0) is 4.79 Å². The standard InChI is InChI=1S/C17H20F2N6O/c1-2-22-15-12(5-8-23-15)14(21)24-9-3-6-16(10-24)17(18,19)11-25(16)13(26)4-7-20/h2,5,8,21-23H,1,3-4,6,9-11H2. The number of aromatic nitrogens is 1. The minimum atomic E-state index is -3.03. The summed E-state index contributed by atoms with van der Waals surface area (Å²) >= 11 is 0. The van der Waals surface area contributed by atoms with Crippen molar-refractivity contribution in [1.29, 1.82) is 10.7 Å². The van der Waals surface area contributed by atoms with Crippen LogP contribution in [0.1, 0.15) is 24.8 Å². The molecular weight excluding hydrogens is 342 g/mol. The molecule has 3 N–H and O–H groups in total. The molecule has 7 nitrogen and oxygen atoms in total. The second-order valence-corrected chi connectivity index (χ2v) is 6.54. The number of halogens is 2. The van der Waals surface area contributed by atoms with Crippen LogP contribution in [0.5, 0.6) is 0 Å². The van der Waals surface area contributed by atoms with Crippen LogP contribution in [0.4, 0.5) is 14.6 Å². The Morgan fingerprint density at radius 3 is 2.96 bits per heavy atom. The minimum absolute atomic E-state index is 0.102. The number of piperidine rings is 1. The molecule has 1 spiro atoms. The van der Waals surface area contributed by atoms with Gasteiger partial charge in [0, 0.05) is 19.3 Å². The summed E-state index contributed by atoms with van der Waals surface area (Å²) in [5.41, 5.74) is -1.10. The van der Waals surface area contributed by atoms with Crippen molar-refractivity contribution < 1.29 is 13.6 Å². The van der Waals surface area contributed by atoms with Crippen molar-refractivity contribution >= 4 is 17.6 Å². The van der Waals surface area contributed by atoms with Crippen LogP contribution in [0.15, 0.2) is 25.0 Å². The van der Waals surface area contributed by atoms with Gasteiger partial charge in [-0.3, -0.25) is 10.2 Å². The number of nitrogens with one attached hydrogen (secondary N) is 3. The molecule has 138 valence electrons. The molecule has 2 aliphatic rings. The molecule has 0 saturated carbocycles. The van der Waals surface area contributed by atoms with Crippen molar-refractivity contribution in [2.75, 3.05) is 25.0 Å². The lowest BCUT2D eigenvalue weighted by Gasteiger charge is -2.61. The summed E-state index contributed by atoms with van der Waals surface area (Å²) in [6.07, 6.45) is 3.29. The molecule has 3 heterocycles. The number of anilines is 1. The van der Waals surface area contributed by atoms with Crippen molar-refractivity contribution in [3.05, 3.63) is 30.6 Å². The number of carbonyl (C=O) groups excluding carboxylic acids is 1. The molecule has 0 bridgehead atoms. The van der Waals surface area contributed by atoms with Gasteiger partial charge < -0.3 is 20.1 Å². The molecule has 0 aliphatic carbocycles. The average molecular weight is 362 g/mol. The van der Waals surface area contributed by atoms with Gasteiger partial charge in [-0.15, -0.1) is 0 Å². The topological polar surface area (TPSA) is 99.0 Å². The molecule has 2 saturated heterocycles. The predicted molar refractivity (Wildman–Crippen MR) is 91.9 cm³/mol. The van der Waals surface area contributed by atoms with E-state index in [2.05, 4.69) is 16.9 Å². The summed E-state index contributed by atoms with van der Waals surface area (Å²) in [5, 5.41) is 20.0. The second-order valence-electron chi connectivity index (χ2n) is 6.54. The lowest BCUT2D eigenvalue weighted by atomic mass is 9.73. The van der Waals surface area contributed by atoms with Gasteiger partial charge in [0.15, 0.2) is 0 Å². The van der Waals surface area contributed by atoms with E-state index in [9.17, 15) is 13.6 Å². The van der Waals surface area contributed by atoms with Gasteiger partial charge >= 0.3 is 0 Å². The number of nitrogens with zero attached hydrogens (tertiary/aromatic N) is 3. The fraction of sp³-hybridized carbons (Fsp3) is 0.471. The Balaban J connectivity index is 1.85. The summed E-state index contributed by atoms with van der Waals surface area (Å²) in [4.78, 5) is 17.7. The number of hydrogen-bond acceptors (Lipinski definition) is 4. The van der Waals surface area contributed by atoms with Gasteiger partial charge in [0.2, 0.25) is 5.91 Å². The Bertz CT molecular complexity index is 782. The quantitative estimate of drug-likeness (QED) is 0.564. The third-order valence-corrected chi connectivity index (χ3v) is 5.12. The smallest absolute Gasteiger partial charge is 0.289 e. The van der Waals surface area contributed by atoms with E-state index in [1.165, 1.54) is 6.20 Å². The van der Waals surface area contributed by atoms with E-state index >= 15 is 0 Å². The van der Waals surface area contributed by atoms with E-state index in [1.54, 1.807) is 23.2 Å². The number of H-pyrrole nitrogens is 1. The zero-order valence-corrected chi connectivity index (χ0v) is 14.2. The SMILES string of the molecule is C=CNc1[nH]ccc1C(=N)N1CCCC2(C1)N(C(=O)CC#N)CC2(F)F. The van der Waals surface area contributed by atoms with E-state index in [4.69, 9.17) is 10.7 Å². The van der Waals surface area contributed by atoms with Gasteiger partial charge in [-0.05, 0) is 25.1 Å². The highest BCUT2D eigenvalue weighted by Gasteiger charge is 2.69. The summed E-state index contributed by atoms with van der Waals surface area (Å²) < 4.78 is 29.0. The summed E-state index contributed by atoms with van der Waals surface area (Å²) in [7, 11) is 0. The molecular formula is C17H20F2N6O. The van der Waals surface area contributed by atoms with Crippen molar-refractivity contribution in [2.24, 2.45) is 0 Å². The summed E-state index contributed by atoms with van der Waals surface area (Å²) in [5.74, 6) is -2.95. The Morgan fingerprint density at radius 1 is 1.54 bits per heavy atom. The molecule has 1 atom stereocenters. The Kier molecular flexibility index (Phi) is 4.44. The second kappa shape index (κ2) is 6.44. The number of likely N-dealkylation sites (tertiary alicyclic amines) is 2. The van der Waals surface area contributed by atoms with E-state index in [1.807, 2.05) is 0 Å². The molecule has 1 unspecified atom stereocenters. The average Bonchev–Trinajstić information content (AvgIpc) is 3.08. The van der Waals surface area contributed by atoms with E-state index in [0.29, 0.717) is 24.3 Å². The van der Waals surface area contributed by atoms with Gasteiger partial charge in [-0.1, -0.05) is 6.58 Å². The zero-order chi connectivity index (χ0) is 18.9. The highest BCUT2D eigenvalue weighted by Crippen LogP contribution is 2.50. The molecule has 26 heavy (non-hydrogen) atoms. The van der Waals surface area contributed by atoms with Crippen LogP contribution in [-0.4, -0.2) is 57.6 Å². The molecule has 1 aromatic heterocycles. The van der Waals surface area contributed by atoms with Crippen LogP contribution < -0.4 is 5.32 Å². The number of aromatic amines is 1. The maximum Gasteiger partial charge on any atom is 0.289 e. The van der Waals surface area contributed by atoms with Gasteiger partial charge in [0.05, 0.1) is 18.2 Å². The van der Waals surface area contributed by atoms with E-state index in [-0.39, 0.29) is 18.8 Å². The first kappa shape index (κ1) is 17.9. The zero-order valence-electron chi connectivity index (χ0n) is 14.2. The van der Waals surface area contributed by atoms with Crippen LogP contribution in [0.3, 0.4) is 0 Å². The number of amidine groups is 1. The first-order chi connectivity index (χ1) is 12.4. The van der Waals surface area contributed by atoms with Crippen LogP contribution >= 0.6 is 0 Å². The number of alkyl halides is 2. The molecule has 2 fully saturated rings. The number of carbonyl (C=O) groups is 1. The number of amides is 1. The first-order valence-corrected chi connectivity index (χ1v) is 8.30. The van der Waals surface area contributed by atoms with Crippen LogP contribution in [0.25, 0.3) is 0 Å². The lowest BCUT2D eigenvalue weighted by Crippen LogP contribution is -2.80. The normalized spacial score (nSPS) is 23.9. The fourth-order valence-electron chi connectivity index (χ4n) is 3.80. The van der Waals surface area contributed by atoms with E-state index < -0.39 is 30.3 Å². The van der Waals surface area contributed by atoms with E-state index in [0.717, 1.165) is 4.90 Å². The molecule has 2 aliphatic heterocycles. The number of hydrogen-bond donors (Lipinski definition) is 3. The highest BCUT2D eigenvalue weighted by molar-refractivity contribution is 6.01. The third kappa shape index (κ3) is 2.62. The third-order valence-electron chi connectivity index (χ3n) is 5.12. The largest absolute Gasteiger partial charge is 0.354 e. The molecule has 0 aromatic carbocycles. The Morgan fingerprint density at radius 2 is 2.31 bits per heavy atom. The predicted octanol–water partition coefficient (Wildman–Crippen LogP) is 2.12. The minimum Gasteiger partial charge on any atom is -0.354 e. The number of rotatable bonds is 4. The van der Waals surface area contributed by atoms with Gasteiger partial charge in [0.25, 0.3) is 5.92 Å². The molecule has 3 rings (SSSR count). The lowest BCUT2D eigenvalue weighted by molar-refractivity contribution is -0.252. The van der Waals surface area contributed by atoms with Crippen LogP contribution in [0, 0.1) is 16.7 Å². The first-order valence-electron chi connectivity index (χ1n) is 8.30. The summed E-state index contributed by atoms with van der Waals surface area (Å²) in [6.45, 7) is 3.23. The van der Waals surface area contributed by atoms with Crippen LogP contribution in [0.2, 0.25) is 0 Å². The Labute approximate surface area is 149 Å². The maximum absolute atomic E-state index is 14.5.